The summed E-state index contributed by atoms with van der Waals surface area (Å²) in [5.41, 5.74) is 1.40. The number of hydrogen-bond donors (Lipinski definition) is 1. The van der Waals surface area contributed by atoms with E-state index in [0.717, 1.165) is 6.42 Å². The zero-order chi connectivity index (χ0) is 30.9. The molecule has 0 aliphatic heterocycles. The first-order chi connectivity index (χ1) is 19.9. The summed E-state index contributed by atoms with van der Waals surface area (Å²) in [5.74, 6) is 0.126. The van der Waals surface area contributed by atoms with Gasteiger partial charge >= 0.3 is 6.18 Å². The molecule has 9 heteroatoms. The quantitative estimate of drug-likeness (QED) is 0.191. The molecule has 224 valence electrons. The molecule has 0 radical (unpaired) electrons. The normalized spacial score (nSPS) is 12.6. The molecule has 0 heterocycles. The number of hydrogen-bond acceptors (Lipinski definition) is 4. The first-order valence-electron chi connectivity index (χ1n) is 13.8. The molecule has 1 amide bonds. The lowest BCUT2D eigenvalue weighted by atomic mass is 9.96. The Balaban J connectivity index is 1.63. The number of ketones is 1. The van der Waals surface area contributed by atoms with Crippen LogP contribution in [0.1, 0.15) is 59.4 Å². The van der Waals surface area contributed by atoms with Crippen molar-refractivity contribution in [3.05, 3.63) is 93.6 Å². The fraction of sp³-hybridized carbons (Fsp3) is 0.333. The van der Waals surface area contributed by atoms with Gasteiger partial charge in [0.15, 0.2) is 5.78 Å². The number of amides is 1. The number of carbonyl (C=O) groups is 2. The zero-order valence-electron chi connectivity index (χ0n) is 24.1. The fourth-order valence-corrected chi connectivity index (χ4v) is 4.68. The Hall–Kier alpha value is -4.14. The monoisotopic (exact) mass is 584 g/mol. The van der Waals surface area contributed by atoms with Crippen LogP contribution in [-0.2, 0) is 6.42 Å². The van der Waals surface area contributed by atoms with Gasteiger partial charge in [-0.3, -0.25) is 9.59 Å². The molecule has 0 aliphatic carbocycles. The van der Waals surface area contributed by atoms with E-state index < -0.39 is 18.6 Å². The maximum absolute atomic E-state index is 13.1. The highest BCUT2D eigenvalue weighted by Gasteiger charge is 2.28. The minimum atomic E-state index is -4.50. The van der Waals surface area contributed by atoms with E-state index in [9.17, 15) is 27.2 Å². The lowest BCUT2D eigenvalue weighted by Crippen LogP contribution is -2.38. The number of carbonyl (C=O) groups excluding carboxylic acids is 2. The van der Waals surface area contributed by atoms with Crippen molar-refractivity contribution in [1.29, 1.82) is 0 Å². The van der Waals surface area contributed by atoms with Gasteiger partial charge in [-0.25, -0.2) is 4.39 Å². The van der Waals surface area contributed by atoms with Crippen LogP contribution >= 0.6 is 0 Å². The average Bonchev–Trinajstić information content (AvgIpc) is 2.96. The summed E-state index contributed by atoms with van der Waals surface area (Å²) in [6.45, 7) is 7.20. The molecule has 0 saturated heterocycles. The van der Waals surface area contributed by atoms with Crippen LogP contribution in [-0.4, -0.2) is 42.9 Å². The van der Waals surface area contributed by atoms with Crippen LogP contribution in [0.25, 0.3) is 12.8 Å². The Bertz CT molecular complexity index is 1470. The van der Waals surface area contributed by atoms with Crippen LogP contribution in [0.4, 0.5) is 17.6 Å². The number of alkyl halides is 3. The third kappa shape index (κ3) is 9.46. The summed E-state index contributed by atoms with van der Waals surface area (Å²) < 4.78 is 56.6. The van der Waals surface area contributed by atoms with Crippen LogP contribution in [0.2, 0.25) is 0 Å². The third-order valence-electron chi connectivity index (χ3n) is 6.97. The van der Waals surface area contributed by atoms with E-state index in [2.05, 4.69) is 13.5 Å². The summed E-state index contributed by atoms with van der Waals surface area (Å²) in [4.78, 5) is 27.4. The van der Waals surface area contributed by atoms with Crippen LogP contribution in [0.5, 0.6) is 11.5 Å². The van der Waals surface area contributed by atoms with Crippen molar-refractivity contribution in [2.24, 2.45) is 5.92 Å². The van der Waals surface area contributed by atoms with Crippen LogP contribution in [0, 0.1) is 11.7 Å². The highest BCUT2D eigenvalue weighted by Crippen LogP contribution is 2.23. The molecule has 0 spiro atoms. The average molecular weight is 585 g/mol. The molecule has 1 unspecified atom stereocenters. The van der Waals surface area contributed by atoms with Gasteiger partial charge < -0.3 is 15.0 Å². The number of nitrogens with zero attached hydrogens (tertiary/aromatic N) is 1. The molecule has 1 atom stereocenters. The predicted molar refractivity (Wildman–Crippen MR) is 156 cm³/mol. The SMILES string of the molecule is C=c1ccc(C(=O)NCC(F)(F)F)c(CC)/c1=C/N(C)CC(CC)CCC(=O)c1ccc(Oc2ccc(F)cc2)cc1. The van der Waals surface area contributed by atoms with Gasteiger partial charge in [0.1, 0.15) is 23.9 Å². The van der Waals surface area contributed by atoms with Crippen molar-refractivity contribution in [3.8, 4) is 11.5 Å². The number of Topliss-reactive ketones (excluding diaryl/α,β-unsaturated/α-hetero) is 1. The third-order valence-corrected chi connectivity index (χ3v) is 6.97. The molecule has 0 aliphatic rings. The molecular weight excluding hydrogens is 548 g/mol. The molecule has 3 rings (SSSR count). The van der Waals surface area contributed by atoms with Crippen molar-refractivity contribution in [1.82, 2.24) is 10.2 Å². The highest BCUT2D eigenvalue weighted by atomic mass is 19.4. The molecule has 5 nitrogen and oxygen atoms in total. The van der Waals surface area contributed by atoms with Gasteiger partial charge in [0.05, 0.1) is 0 Å². The second kappa shape index (κ2) is 14.7. The number of benzene rings is 3. The van der Waals surface area contributed by atoms with Crippen molar-refractivity contribution in [2.75, 3.05) is 20.1 Å². The van der Waals surface area contributed by atoms with E-state index >= 15 is 0 Å². The van der Waals surface area contributed by atoms with Gasteiger partial charge in [-0.2, -0.15) is 13.2 Å². The molecular formula is C33H36F4N2O3. The van der Waals surface area contributed by atoms with Gasteiger partial charge in [0, 0.05) is 42.6 Å². The Morgan fingerprint density at radius 1 is 1.00 bits per heavy atom. The molecule has 1 N–H and O–H groups in total. The van der Waals surface area contributed by atoms with Gasteiger partial charge in [-0.05, 0) is 84.1 Å². The van der Waals surface area contributed by atoms with E-state index in [0.29, 0.717) is 58.9 Å². The van der Waals surface area contributed by atoms with E-state index in [4.69, 9.17) is 4.74 Å². The van der Waals surface area contributed by atoms with Gasteiger partial charge in [-0.1, -0.05) is 32.9 Å². The molecule has 3 aromatic rings. The molecule has 0 bridgehead atoms. The zero-order valence-corrected chi connectivity index (χ0v) is 24.1. The second-order valence-electron chi connectivity index (χ2n) is 10.2. The number of halogens is 4. The maximum atomic E-state index is 13.1. The summed E-state index contributed by atoms with van der Waals surface area (Å²) >= 11 is 0. The topological polar surface area (TPSA) is 58.6 Å². The summed E-state index contributed by atoms with van der Waals surface area (Å²) in [6.07, 6.45) is -0.320. The minimum Gasteiger partial charge on any atom is -0.457 e. The van der Waals surface area contributed by atoms with Crippen molar-refractivity contribution >= 4 is 24.5 Å². The van der Waals surface area contributed by atoms with Gasteiger partial charge in [-0.15, -0.1) is 0 Å². The lowest BCUT2D eigenvalue weighted by molar-refractivity contribution is -0.123. The smallest absolute Gasteiger partial charge is 0.405 e. The van der Waals surface area contributed by atoms with Crippen molar-refractivity contribution < 1.29 is 31.9 Å². The lowest BCUT2D eigenvalue weighted by Gasteiger charge is -2.22. The Labute approximate surface area is 243 Å². The molecule has 3 aromatic carbocycles. The molecule has 0 aromatic heterocycles. The summed E-state index contributed by atoms with van der Waals surface area (Å²) in [6, 6.07) is 15.6. The maximum Gasteiger partial charge on any atom is 0.405 e. The Morgan fingerprint density at radius 3 is 2.19 bits per heavy atom. The van der Waals surface area contributed by atoms with Crippen LogP contribution in [0.3, 0.4) is 0 Å². The van der Waals surface area contributed by atoms with Crippen molar-refractivity contribution in [3.63, 3.8) is 0 Å². The highest BCUT2D eigenvalue weighted by molar-refractivity contribution is 5.96. The largest absolute Gasteiger partial charge is 0.457 e. The van der Waals surface area contributed by atoms with E-state index in [1.54, 1.807) is 30.3 Å². The number of ether oxygens (including phenoxy) is 1. The van der Waals surface area contributed by atoms with E-state index in [-0.39, 0.29) is 23.1 Å². The standard InChI is InChI=1S/C33H36F4N2O3/c1-5-23(8-18-31(40)24-9-13-26(14-10-24)42-27-15-11-25(34)12-16-27)19-39(4)20-30-22(3)7-17-29(28(30)6-2)32(41)38-21-33(35,36)37/h7,9-17,20,23H,3,5-6,8,18-19,21H2,1-2,4H3,(H,38,41)/b30-20+. The van der Waals surface area contributed by atoms with E-state index in [1.165, 1.54) is 30.3 Å². The van der Waals surface area contributed by atoms with Crippen molar-refractivity contribution in [2.45, 2.75) is 45.7 Å². The number of rotatable bonds is 13. The van der Waals surface area contributed by atoms with Gasteiger partial charge in [0.2, 0.25) is 0 Å². The molecule has 42 heavy (non-hydrogen) atoms. The summed E-state index contributed by atoms with van der Waals surface area (Å²) in [7, 11) is 1.89. The first-order valence-corrected chi connectivity index (χ1v) is 13.8. The van der Waals surface area contributed by atoms with E-state index in [1.807, 2.05) is 30.4 Å². The minimum absolute atomic E-state index is 0.0132. The second-order valence-corrected chi connectivity index (χ2v) is 10.2. The summed E-state index contributed by atoms with van der Waals surface area (Å²) in [5, 5.41) is 3.32. The number of nitrogens with one attached hydrogen (secondary N) is 1. The van der Waals surface area contributed by atoms with Crippen LogP contribution < -0.4 is 20.5 Å². The fourth-order valence-electron chi connectivity index (χ4n) is 4.68. The van der Waals surface area contributed by atoms with Crippen LogP contribution in [0.15, 0.2) is 60.7 Å². The Morgan fingerprint density at radius 2 is 1.62 bits per heavy atom. The van der Waals surface area contributed by atoms with Gasteiger partial charge in [0.25, 0.3) is 5.91 Å². The molecule has 0 saturated carbocycles. The predicted octanol–water partition coefficient (Wildman–Crippen LogP) is 6.24. The Kier molecular flexibility index (Phi) is 11.3. The first kappa shape index (κ1) is 32.4. The molecule has 0 fully saturated rings.